The number of anilines is 1. The molecule has 0 radical (unpaired) electrons. The van der Waals surface area contributed by atoms with E-state index < -0.39 is 0 Å². The third kappa shape index (κ3) is 2.89. The second-order valence-corrected chi connectivity index (χ2v) is 4.76. The van der Waals surface area contributed by atoms with Crippen molar-refractivity contribution in [2.45, 2.75) is 20.8 Å². The van der Waals surface area contributed by atoms with Crippen LogP contribution in [-0.4, -0.2) is 24.7 Å². The van der Waals surface area contributed by atoms with Gasteiger partial charge in [-0.3, -0.25) is 4.98 Å². The second kappa shape index (κ2) is 6.36. The summed E-state index contributed by atoms with van der Waals surface area (Å²) >= 11 is 0. The molecular formula is C16H19N3O. The molecule has 104 valence electrons. The lowest BCUT2D eigenvalue weighted by molar-refractivity contribution is 0.158. The molecule has 20 heavy (non-hydrogen) atoms. The van der Waals surface area contributed by atoms with Crippen molar-refractivity contribution in [3.63, 3.8) is 0 Å². The van der Waals surface area contributed by atoms with Gasteiger partial charge in [-0.1, -0.05) is 11.6 Å². The van der Waals surface area contributed by atoms with E-state index in [4.69, 9.17) is 4.74 Å². The fourth-order valence-corrected chi connectivity index (χ4v) is 2.33. The van der Waals surface area contributed by atoms with Gasteiger partial charge in [-0.25, -0.2) is 0 Å². The summed E-state index contributed by atoms with van der Waals surface area (Å²) in [6, 6.07) is 6.37. The predicted molar refractivity (Wildman–Crippen MR) is 80.9 cm³/mol. The molecule has 1 aromatic heterocycles. The first kappa shape index (κ1) is 14.3. The Morgan fingerprint density at radius 1 is 1.35 bits per heavy atom. The van der Waals surface area contributed by atoms with E-state index in [0.717, 1.165) is 22.2 Å². The van der Waals surface area contributed by atoms with Crippen LogP contribution in [-0.2, 0) is 4.74 Å². The largest absolute Gasteiger partial charge is 0.381 e. The highest BCUT2D eigenvalue weighted by molar-refractivity contribution is 5.96. The van der Waals surface area contributed by atoms with Crippen LogP contribution in [0.2, 0.25) is 0 Å². The maximum absolute atomic E-state index is 9.26. The van der Waals surface area contributed by atoms with Gasteiger partial charge in [-0.15, -0.1) is 0 Å². The monoisotopic (exact) mass is 269 g/mol. The summed E-state index contributed by atoms with van der Waals surface area (Å²) in [5.41, 5.74) is 4.65. The first-order chi connectivity index (χ1) is 9.67. The summed E-state index contributed by atoms with van der Waals surface area (Å²) in [5.74, 6) is 0. The average Bonchev–Trinajstić information content (AvgIpc) is 2.43. The average molecular weight is 269 g/mol. The van der Waals surface area contributed by atoms with Crippen LogP contribution in [0.1, 0.15) is 23.6 Å². The van der Waals surface area contributed by atoms with Gasteiger partial charge in [0.25, 0.3) is 0 Å². The minimum absolute atomic E-state index is 0.569. The van der Waals surface area contributed by atoms with E-state index in [9.17, 15) is 5.26 Å². The van der Waals surface area contributed by atoms with Crippen molar-refractivity contribution in [3.8, 4) is 6.07 Å². The van der Waals surface area contributed by atoms with Gasteiger partial charge in [-0.05, 0) is 32.4 Å². The summed E-state index contributed by atoms with van der Waals surface area (Å²) in [7, 11) is 0. The first-order valence-corrected chi connectivity index (χ1v) is 6.79. The number of nitriles is 1. The van der Waals surface area contributed by atoms with Crippen molar-refractivity contribution in [1.29, 1.82) is 5.26 Å². The minimum atomic E-state index is 0.569. The van der Waals surface area contributed by atoms with Gasteiger partial charge < -0.3 is 10.1 Å². The van der Waals surface area contributed by atoms with Crippen molar-refractivity contribution in [2.75, 3.05) is 25.1 Å². The molecule has 0 aliphatic heterocycles. The molecule has 2 rings (SSSR count). The third-order valence-corrected chi connectivity index (χ3v) is 3.18. The lowest BCUT2D eigenvalue weighted by Gasteiger charge is -2.13. The molecule has 0 spiro atoms. The van der Waals surface area contributed by atoms with Gasteiger partial charge in [-0.2, -0.15) is 5.26 Å². The SMILES string of the molecule is CCOCCNc1c(C#N)cnc2c(C)cc(C)cc12. The van der Waals surface area contributed by atoms with Crippen LogP contribution < -0.4 is 5.32 Å². The van der Waals surface area contributed by atoms with Crippen LogP contribution >= 0.6 is 0 Å². The number of benzene rings is 1. The fraction of sp³-hybridized carbons (Fsp3) is 0.375. The second-order valence-electron chi connectivity index (χ2n) is 4.76. The number of nitrogens with one attached hydrogen (secondary N) is 1. The van der Waals surface area contributed by atoms with Gasteiger partial charge in [0.1, 0.15) is 6.07 Å². The Kier molecular flexibility index (Phi) is 4.54. The van der Waals surface area contributed by atoms with E-state index in [1.165, 1.54) is 5.56 Å². The molecule has 1 N–H and O–H groups in total. The lowest BCUT2D eigenvalue weighted by Crippen LogP contribution is -2.11. The number of aromatic nitrogens is 1. The number of hydrogen-bond acceptors (Lipinski definition) is 4. The number of hydrogen-bond donors (Lipinski definition) is 1. The van der Waals surface area contributed by atoms with E-state index >= 15 is 0 Å². The minimum Gasteiger partial charge on any atom is -0.381 e. The van der Waals surface area contributed by atoms with Gasteiger partial charge in [0, 0.05) is 24.7 Å². The predicted octanol–water partition coefficient (Wildman–Crippen LogP) is 3.17. The van der Waals surface area contributed by atoms with Crippen molar-refractivity contribution in [2.24, 2.45) is 0 Å². The smallest absolute Gasteiger partial charge is 0.103 e. The molecule has 0 aliphatic carbocycles. The summed E-state index contributed by atoms with van der Waals surface area (Å²) < 4.78 is 5.33. The number of aryl methyl sites for hydroxylation is 2. The normalized spacial score (nSPS) is 10.5. The molecule has 0 saturated carbocycles. The zero-order valence-electron chi connectivity index (χ0n) is 12.2. The Morgan fingerprint density at radius 3 is 2.85 bits per heavy atom. The highest BCUT2D eigenvalue weighted by Gasteiger charge is 2.10. The zero-order valence-corrected chi connectivity index (χ0v) is 12.2. The number of nitrogens with zero attached hydrogens (tertiary/aromatic N) is 2. The zero-order chi connectivity index (χ0) is 14.5. The van der Waals surface area contributed by atoms with Crippen LogP contribution in [0.25, 0.3) is 10.9 Å². The standard InChI is InChI=1S/C16H19N3O/c1-4-20-6-5-18-16-13(9-17)10-19-15-12(3)7-11(2)8-14(15)16/h7-8,10H,4-6H2,1-3H3,(H,18,19). The molecule has 0 atom stereocenters. The van der Waals surface area contributed by atoms with Crippen molar-refractivity contribution in [3.05, 3.63) is 35.0 Å². The summed E-state index contributed by atoms with van der Waals surface area (Å²) in [6.07, 6.45) is 1.63. The van der Waals surface area contributed by atoms with Crippen LogP contribution in [0.15, 0.2) is 18.3 Å². The summed E-state index contributed by atoms with van der Waals surface area (Å²) in [6.45, 7) is 8.05. The van der Waals surface area contributed by atoms with Crippen LogP contribution in [0.5, 0.6) is 0 Å². The third-order valence-electron chi connectivity index (χ3n) is 3.18. The Labute approximate surface area is 119 Å². The van der Waals surface area contributed by atoms with Crippen molar-refractivity contribution >= 4 is 16.6 Å². The molecule has 0 amide bonds. The topological polar surface area (TPSA) is 57.9 Å². The molecule has 0 saturated heterocycles. The molecule has 4 heteroatoms. The van der Waals surface area contributed by atoms with Gasteiger partial charge in [0.15, 0.2) is 0 Å². The fourth-order valence-electron chi connectivity index (χ4n) is 2.33. The molecule has 4 nitrogen and oxygen atoms in total. The summed E-state index contributed by atoms with van der Waals surface area (Å²) in [4.78, 5) is 4.40. The highest BCUT2D eigenvalue weighted by atomic mass is 16.5. The van der Waals surface area contributed by atoms with Crippen LogP contribution in [0.4, 0.5) is 5.69 Å². The highest BCUT2D eigenvalue weighted by Crippen LogP contribution is 2.28. The quantitative estimate of drug-likeness (QED) is 0.847. The molecule has 1 heterocycles. The van der Waals surface area contributed by atoms with E-state index in [1.807, 2.05) is 13.8 Å². The van der Waals surface area contributed by atoms with Gasteiger partial charge in [0.2, 0.25) is 0 Å². The van der Waals surface area contributed by atoms with E-state index in [-0.39, 0.29) is 0 Å². The van der Waals surface area contributed by atoms with Gasteiger partial charge in [0.05, 0.1) is 23.4 Å². The lowest BCUT2D eigenvalue weighted by atomic mass is 10.0. The van der Waals surface area contributed by atoms with Crippen molar-refractivity contribution < 1.29 is 4.74 Å². The Hall–Kier alpha value is -2.12. The van der Waals surface area contributed by atoms with E-state index in [0.29, 0.717) is 25.3 Å². The first-order valence-electron chi connectivity index (χ1n) is 6.79. The Morgan fingerprint density at radius 2 is 2.15 bits per heavy atom. The number of ether oxygens (including phenoxy) is 1. The number of pyridine rings is 1. The van der Waals surface area contributed by atoms with E-state index in [2.05, 4.69) is 35.4 Å². The maximum Gasteiger partial charge on any atom is 0.103 e. The molecular weight excluding hydrogens is 250 g/mol. The Bertz CT molecular complexity index is 659. The summed E-state index contributed by atoms with van der Waals surface area (Å²) in [5, 5.41) is 13.6. The van der Waals surface area contributed by atoms with Crippen LogP contribution in [0.3, 0.4) is 0 Å². The molecule has 2 aromatic rings. The van der Waals surface area contributed by atoms with Gasteiger partial charge >= 0.3 is 0 Å². The van der Waals surface area contributed by atoms with E-state index in [1.54, 1.807) is 6.20 Å². The number of fused-ring (bicyclic) bond motifs is 1. The number of rotatable bonds is 5. The van der Waals surface area contributed by atoms with Crippen LogP contribution in [0, 0.1) is 25.2 Å². The maximum atomic E-state index is 9.26. The molecule has 0 unspecified atom stereocenters. The molecule has 1 aromatic carbocycles. The molecule has 0 bridgehead atoms. The van der Waals surface area contributed by atoms with Crippen molar-refractivity contribution in [1.82, 2.24) is 4.98 Å². The molecule has 0 aliphatic rings. The molecule has 0 fully saturated rings. The Balaban J connectivity index is 2.45.